The van der Waals surface area contributed by atoms with Crippen LogP contribution in [-0.2, 0) is 25.8 Å². The highest BCUT2D eigenvalue weighted by molar-refractivity contribution is 7.18. The molecule has 0 fully saturated rings. The molecule has 9 heteroatoms. The average molecular weight is 501 g/mol. The monoisotopic (exact) mass is 500 g/mol. The fraction of sp³-hybridized carbons (Fsp3) is 0.308. The smallest absolute Gasteiger partial charge is 0.416 e. The van der Waals surface area contributed by atoms with Crippen LogP contribution in [0.4, 0.5) is 19.0 Å². The third-order valence-electron chi connectivity index (χ3n) is 5.79. The van der Waals surface area contributed by atoms with E-state index >= 15 is 0 Å². The molecule has 0 saturated carbocycles. The van der Waals surface area contributed by atoms with Gasteiger partial charge in [0.05, 0.1) is 24.6 Å². The molecule has 0 aliphatic rings. The van der Waals surface area contributed by atoms with Crippen molar-refractivity contribution in [1.82, 2.24) is 14.9 Å². The van der Waals surface area contributed by atoms with Crippen LogP contribution in [0.25, 0.3) is 10.2 Å². The first kappa shape index (κ1) is 24.9. The highest BCUT2D eigenvalue weighted by atomic mass is 32.1. The number of anilines is 1. The number of alkyl halides is 3. The first-order valence-electron chi connectivity index (χ1n) is 11.1. The second-order valence-corrected chi connectivity index (χ2v) is 9.73. The van der Waals surface area contributed by atoms with Crippen LogP contribution in [0.3, 0.4) is 0 Å². The van der Waals surface area contributed by atoms with Gasteiger partial charge in [0, 0.05) is 18.0 Å². The van der Waals surface area contributed by atoms with E-state index in [4.69, 9.17) is 14.7 Å². The summed E-state index contributed by atoms with van der Waals surface area (Å²) in [7, 11) is 3.64. The van der Waals surface area contributed by atoms with E-state index in [0.29, 0.717) is 30.3 Å². The van der Waals surface area contributed by atoms with E-state index in [9.17, 15) is 13.2 Å². The number of nitrogens with zero attached hydrogens (tertiary/aromatic N) is 3. The molecule has 0 amide bonds. The van der Waals surface area contributed by atoms with Crippen molar-refractivity contribution >= 4 is 27.4 Å². The summed E-state index contributed by atoms with van der Waals surface area (Å²) in [6.07, 6.45) is -4.38. The molecule has 4 aromatic rings. The second kappa shape index (κ2) is 10.2. The maximum atomic E-state index is 13.1. The summed E-state index contributed by atoms with van der Waals surface area (Å²) >= 11 is 1.60. The Morgan fingerprint density at radius 1 is 1.00 bits per heavy atom. The predicted molar refractivity (Wildman–Crippen MR) is 134 cm³/mol. The molecule has 0 atom stereocenters. The highest BCUT2D eigenvalue weighted by Gasteiger charge is 2.30. The number of hydrogen-bond donors (Lipinski definition) is 1. The van der Waals surface area contributed by atoms with Crippen LogP contribution in [0.2, 0.25) is 0 Å². The molecule has 2 heterocycles. The molecule has 35 heavy (non-hydrogen) atoms. The predicted octanol–water partition coefficient (Wildman–Crippen LogP) is 6.58. The average Bonchev–Trinajstić information content (AvgIpc) is 3.10. The summed E-state index contributed by atoms with van der Waals surface area (Å²) in [4.78, 5) is 13.7. The zero-order valence-electron chi connectivity index (χ0n) is 20.0. The standard InChI is InChI=1S/C26H27F3N4OS/c1-16-17(2)35-25-23(16)24(30-13-18-7-5-9-20(11-18)26(27,28)29)31-22(32-25)15-33(3)14-19-8-6-10-21(12-19)34-4/h5-12H,13-15H2,1-4H3,(H,30,31,32). The minimum absolute atomic E-state index is 0.226. The Kier molecular flexibility index (Phi) is 7.28. The van der Waals surface area contributed by atoms with Crippen LogP contribution >= 0.6 is 11.3 Å². The van der Waals surface area contributed by atoms with Gasteiger partial charge in [-0.05, 0) is 61.9 Å². The fourth-order valence-corrected chi connectivity index (χ4v) is 4.96. The zero-order valence-corrected chi connectivity index (χ0v) is 20.8. The number of benzene rings is 2. The van der Waals surface area contributed by atoms with Gasteiger partial charge in [-0.3, -0.25) is 4.90 Å². The van der Waals surface area contributed by atoms with Crippen LogP contribution in [0.15, 0.2) is 48.5 Å². The van der Waals surface area contributed by atoms with Crippen LogP contribution in [0, 0.1) is 13.8 Å². The molecular formula is C26H27F3N4OS. The molecule has 1 N–H and O–H groups in total. The number of aromatic nitrogens is 2. The fourth-order valence-electron chi connectivity index (χ4n) is 3.92. The van der Waals surface area contributed by atoms with Crippen molar-refractivity contribution in [1.29, 1.82) is 0 Å². The number of ether oxygens (including phenoxy) is 1. The van der Waals surface area contributed by atoms with E-state index < -0.39 is 11.7 Å². The van der Waals surface area contributed by atoms with Gasteiger partial charge in [-0.15, -0.1) is 11.3 Å². The number of aryl methyl sites for hydroxylation is 2. The third-order valence-corrected chi connectivity index (χ3v) is 6.89. The van der Waals surface area contributed by atoms with E-state index in [1.54, 1.807) is 24.5 Å². The number of rotatable bonds is 8. The van der Waals surface area contributed by atoms with Gasteiger partial charge in [0.15, 0.2) is 0 Å². The molecule has 0 bridgehead atoms. The Labute approximate surface area is 206 Å². The van der Waals surface area contributed by atoms with Gasteiger partial charge in [0.1, 0.15) is 22.2 Å². The van der Waals surface area contributed by atoms with E-state index in [0.717, 1.165) is 38.0 Å². The van der Waals surface area contributed by atoms with Crippen molar-refractivity contribution in [3.05, 3.63) is 81.5 Å². The third kappa shape index (κ3) is 5.91. The molecule has 0 aliphatic heterocycles. The molecule has 5 nitrogen and oxygen atoms in total. The van der Waals surface area contributed by atoms with Crippen molar-refractivity contribution in [2.24, 2.45) is 0 Å². The van der Waals surface area contributed by atoms with Crippen molar-refractivity contribution < 1.29 is 17.9 Å². The van der Waals surface area contributed by atoms with E-state index in [1.807, 2.05) is 45.2 Å². The van der Waals surface area contributed by atoms with Crippen LogP contribution in [0.5, 0.6) is 5.75 Å². The minimum atomic E-state index is -4.38. The first-order valence-corrected chi connectivity index (χ1v) is 11.9. The van der Waals surface area contributed by atoms with Crippen LogP contribution in [0.1, 0.15) is 33.0 Å². The van der Waals surface area contributed by atoms with Crippen LogP contribution < -0.4 is 10.1 Å². The van der Waals surface area contributed by atoms with E-state index in [1.165, 1.54) is 12.1 Å². The Balaban J connectivity index is 1.57. The lowest BCUT2D eigenvalue weighted by Gasteiger charge is -2.17. The van der Waals surface area contributed by atoms with Crippen LogP contribution in [-0.4, -0.2) is 29.0 Å². The van der Waals surface area contributed by atoms with Crippen molar-refractivity contribution in [2.45, 2.75) is 39.7 Å². The normalized spacial score (nSPS) is 11.9. The van der Waals surface area contributed by atoms with Gasteiger partial charge in [-0.2, -0.15) is 13.2 Å². The van der Waals surface area contributed by atoms with Gasteiger partial charge in [0.2, 0.25) is 0 Å². The van der Waals surface area contributed by atoms with Gasteiger partial charge >= 0.3 is 6.18 Å². The Morgan fingerprint density at radius 3 is 2.49 bits per heavy atom. The van der Waals surface area contributed by atoms with E-state index in [-0.39, 0.29) is 6.54 Å². The molecule has 184 valence electrons. The van der Waals surface area contributed by atoms with Crippen molar-refractivity contribution in [3.63, 3.8) is 0 Å². The Hall–Kier alpha value is -3.17. The zero-order chi connectivity index (χ0) is 25.2. The summed E-state index contributed by atoms with van der Waals surface area (Å²) < 4.78 is 44.7. The molecule has 4 rings (SSSR count). The quantitative estimate of drug-likeness (QED) is 0.296. The molecule has 0 aliphatic carbocycles. The number of methoxy groups -OCH3 is 1. The highest BCUT2D eigenvalue weighted by Crippen LogP contribution is 2.34. The lowest BCUT2D eigenvalue weighted by Crippen LogP contribution is -2.19. The number of thiophene rings is 1. The van der Waals surface area contributed by atoms with Gasteiger partial charge < -0.3 is 10.1 Å². The van der Waals surface area contributed by atoms with Crippen molar-refractivity contribution in [3.8, 4) is 5.75 Å². The van der Waals surface area contributed by atoms with Gasteiger partial charge in [-0.1, -0.05) is 24.3 Å². The topological polar surface area (TPSA) is 50.3 Å². The summed E-state index contributed by atoms with van der Waals surface area (Å²) in [5.41, 5.74) is 2.06. The maximum absolute atomic E-state index is 13.1. The molecule has 2 aromatic carbocycles. The molecule has 0 spiro atoms. The largest absolute Gasteiger partial charge is 0.497 e. The van der Waals surface area contributed by atoms with Crippen molar-refractivity contribution in [2.75, 3.05) is 19.5 Å². The number of nitrogens with one attached hydrogen (secondary N) is 1. The Morgan fingerprint density at radius 2 is 1.74 bits per heavy atom. The van der Waals surface area contributed by atoms with E-state index in [2.05, 4.69) is 10.2 Å². The van der Waals surface area contributed by atoms with Gasteiger partial charge in [0.25, 0.3) is 0 Å². The molecular weight excluding hydrogens is 473 g/mol. The maximum Gasteiger partial charge on any atom is 0.416 e. The Bertz CT molecular complexity index is 1340. The molecule has 0 saturated heterocycles. The molecule has 2 aromatic heterocycles. The molecule has 0 radical (unpaired) electrons. The summed E-state index contributed by atoms with van der Waals surface area (Å²) in [6.45, 7) is 5.48. The first-order chi connectivity index (χ1) is 16.6. The summed E-state index contributed by atoms with van der Waals surface area (Å²) in [5.74, 6) is 2.09. The van der Waals surface area contributed by atoms with Gasteiger partial charge in [-0.25, -0.2) is 9.97 Å². The number of fused-ring (bicyclic) bond motifs is 1. The number of hydrogen-bond acceptors (Lipinski definition) is 6. The minimum Gasteiger partial charge on any atom is -0.497 e. The SMILES string of the molecule is COc1cccc(CN(C)Cc2nc(NCc3cccc(C(F)(F)F)c3)c3c(C)c(C)sc3n2)c1. The lowest BCUT2D eigenvalue weighted by atomic mass is 10.1. The number of halogens is 3. The summed E-state index contributed by atoms with van der Waals surface area (Å²) in [5, 5.41) is 4.18. The second-order valence-electron chi connectivity index (χ2n) is 8.53. The lowest BCUT2D eigenvalue weighted by molar-refractivity contribution is -0.137. The molecule has 0 unspecified atom stereocenters. The summed E-state index contributed by atoms with van der Waals surface area (Å²) in [6, 6.07) is 13.2.